The van der Waals surface area contributed by atoms with Gasteiger partial charge in [0.05, 0.1) is 24.6 Å². The van der Waals surface area contributed by atoms with Crippen LogP contribution < -0.4 is 21.0 Å². The smallest absolute Gasteiger partial charge is 0.364 e. The number of nitrogens with one attached hydrogen (secondary N) is 2. The molecule has 0 radical (unpaired) electrons. The number of hydrogen-bond acceptors (Lipinski definition) is 11. The van der Waals surface area contributed by atoms with Crippen molar-refractivity contribution in [2.24, 2.45) is 5.16 Å². The van der Waals surface area contributed by atoms with Crippen molar-refractivity contribution in [3.8, 4) is 0 Å². The lowest BCUT2D eigenvalue weighted by molar-refractivity contribution is -0.149. The van der Waals surface area contributed by atoms with Crippen molar-refractivity contribution >= 4 is 36.5 Å². The summed E-state index contributed by atoms with van der Waals surface area (Å²) in [5.74, 6) is 0.524. The number of aromatic nitrogens is 2. The second-order valence-corrected chi connectivity index (χ2v) is 10.1. The Morgan fingerprint density at radius 2 is 2.00 bits per heavy atom. The van der Waals surface area contributed by atoms with E-state index in [1.54, 1.807) is 20.8 Å². The summed E-state index contributed by atoms with van der Waals surface area (Å²) >= 11 is 0. The van der Waals surface area contributed by atoms with Gasteiger partial charge in [-0.1, -0.05) is 19.0 Å². The van der Waals surface area contributed by atoms with E-state index >= 15 is 0 Å². The highest BCUT2D eigenvalue weighted by Gasteiger charge is 2.33. The van der Waals surface area contributed by atoms with Gasteiger partial charge in [0, 0.05) is 6.54 Å². The van der Waals surface area contributed by atoms with Crippen molar-refractivity contribution in [2.75, 3.05) is 35.5 Å². The molecule has 3 atom stereocenters. The molecule has 1 aromatic rings. The predicted octanol–water partition coefficient (Wildman–Crippen LogP) is 2.93. The number of anilines is 3. The molecule has 12 nitrogen and oxygen atoms in total. The number of nitrogens with zero attached hydrogens (tertiary/aromatic N) is 4. The minimum atomic E-state index is -3.67. The highest BCUT2D eigenvalue weighted by atomic mass is 31.2. The Bertz CT molecular complexity index is 876. The lowest BCUT2D eigenvalue weighted by atomic mass is 10.2. The molecule has 0 aromatic carbocycles. The molecular weight excluding hydrogens is 449 g/mol. The highest BCUT2D eigenvalue weighted by molar-refractivity contribution is 7.56. The maximum atomic E-state index is 13.5. The molecule has 0 bridgehead atoms. The van der Waals surface area contributed by atoms with Gasteiger partial charge in [-0.05, 0) is 40.5 Å². The molecule has 13 heteroatoms. The van der Waals surface area contributed by atoms with Crippen LogP contribution in [0.25, 0.3) is 0 Å². The van der Waals surface area contributed by atoms with Crippen LogP contribution in [0.4, 0.5) is 17.3 Å². The Hall–Kier alpha value is -2.43. The van der Waals surface area contributed by atoms with E-state index in [9.17, 15) is 9.36 Å². The molecule has 1 aromatic heterocycles. The monoisotopic (exact) mass is 485 g/mol. The number of ether oxygens (including phenoxy) is 2. The van der Waals surface area contributed by atoms with E-state index in [1.807, 2.05) is 25.7 Å². The van der Waals surface area contributed by atoms with E-state index in [0.717, 1.165) is 5.71 Å². The van der Waals surface area contributed by atoms with Gasteiger partial charge in [0.1, 0.15) is 24.4 Å². The fourth-order valence-electron chi connectivity index (χ4n) is 3.06. The first-order valence-electron chi connectivity index (χ1n) is 11.1. The maximum Gasteiger partial charge on any atom is 0.364 e. The summed E-state index contributed by atoms with van der Waals surface area (Å²) in [5, 5.41) is 9.93. The summed E-state index contributed by atoms with van der Waals surface area (Å²) < 4.78 is 30.0. The SMILES string of the molecule is CCC(CC)=NOP(=O)(CO[C@H](C)CN1CNc2c(N)ncnc21)N[C@@H](C)C(=O)OC(C)C. The third-order valence-corrected chi connectivity index (χ3v) is 6.44. The summed E-state index contributed by atoms with van der Waals surface area (Å²) in [7, 11) is -3.67. The molecule has 0 aliphatic carbocycles. The number of carbonyl (C=O) groups excluding carboxylic acids is 1. The van der Waals surface area contributed by atoms with E-state index < -0.39 is 19.5 Å². The van der Waals surface area contributed by atoms with Crippen LogP contribution in [0.2, 0.25) is 0 Å². The molecule has 0 spiro atoms. The largest absolute Gasteiger partial charge is 0.462 e. The molecule has 4 N–H and O–H groups in total. The van der Waals surface area contributed by atoms with Gasteiger partial charge in [-0.2, -0.15) is 0 Å². The first-order valence-corrected chi connectivity index (χ1v) is 12.9. The Balaban J connectivity index is 2.04. The summed E-state index contributed by atoms with van der Waals surface area (Å²) in [6, 6.07) is -0.867. The van der Waals surface area contributed by atoms with Crippen molar-refractivity contribution in [2.45, 2.75) is 72.6 Å². The highest BCUT2D eigenvalue weighted by Crippen LogP contribution is 2.44. The zero-order valence-electron chi connectivity index (χ0n) is 20.2. The molecule has 1 aliphatic rings. The van der Waals surface area contributed by atoms with Gasteiger partial charge in [-0.25, -0.2) is 15.1 Å². The van der Waals surface area contributed by atoms with E-state index in [4.69, 9.17) is 19.8 Å². The van der Waals surface area contributed by atoms with Gasteiger partial charge in [0.2, 0.25) is 0 Å². The Morgan fingerprint density at radius 3 is 2.64 bits per heavy atom. The van der Waals surface area contributed by atoms with Crippen molar-refractivity contribution in [1.82, 2.24) is 15.1 Å². The first kappa shape index (κ1) is 26.8. The number of carbonyl (C=O) groups is 1. The Morgan fingerprint density at radius 1 is 1.30 bits per heavy atom. The second-order valence-electron chi connectivity index (χ2n) is 8.08. The van der Waals surface area contributed by atoms with Crippen molar-refractivity contribution in [3.05, 3.63) is 6.33 Å². The Kier molecular flexibility index (Phi) is 9.87. The van der Waals surface area contributed by atoms with Crippen molar-refractivity contribution in [1.29, 1.82) is 0 Å². The molecule has 2 rings (SSSR count). The number of esters is 1. The molecule has 0 fully saturated rings. The number of nitrogens with two attached hydrogens (primary N) is 1. The van der Waals surface area contributed by atoms with E-state index in [-0.39, 0.29) is 18.6 Å². The van der Waals surface area contributed by atoms with Crippen LogP contribution in [0.15, 0.2) is 11.5 Å². The predicted molar refractivity (Wildman–Crippen MR) is 128 cm³/mol. The Labute approximate surface area is 195 Å². The molecule has 0 saturated carbocycles. The minimum absolute atomic E-state index is 0.280. The van der Waals surface area contributed by atoms with Crippen molar-refractivity contribution in [3.63, 3.8) is 0 Å². The first-order chi connectivity index (χ1) is 15.6. The van der Waals surface area contributed by atoms with E-state index in [2.05, 4.69) is 25.5 Å². The second kappa shape index (κ2) is 12.2. The van der Waals surface area contributed by atoms with Crippen molar-refractivity contribution < 1.29 is 23.5 Å². The summed E-state index contributed by atoms with van der Waals surface area (Å²) in [6.45, 7) is 11.7. The molecule has 1 aliphatic heterocycles. The van der Waals surface area contributed by atoms with Crippen LogP contribution in [-0.2, 0) is 23.5 Å². The molecule has 0 amide bonds. The average Bonchev–Trinajstić information content (AvgIpc) is 3.16. The van der Waals surface area contributed by atoms with Crippen LogP contribution in [-0.4, -0.2) is 59.5 Å². The molecule has 186 valence electrons. The average molecular weight is 486 g/mol. The number of hydrogen-bond donors (Lipinski definition) is 3. The minimum Gasteiger partial charge on any atom is -0.462 e. The van der Waals surface area contributed by atoms with Gasteiger partial charge in [0.25, 0.3) is 0 Å². The lowest BCUT2D eigenvalue weighted by Gasteiger charge is -2.25. The molecule has 1 unspecified atom stereocenters. The van der Waals surface area contributed by atoms with Gasteiger partial charge in [-0.15, -0.1) is 0 Å². The van der Waals surface area contributed by atoms with Crippen LogP contribution in [0.3, 0.4) is 0 Å². The zero-order valence-corrected chi connectivity index (χ0v) is 21.1. The van der Waals surface area contributed by atoms with Crippen LogP contribution in [0.1, 0.15) is 54.4 Å². The molecule has 0 saturated heterocycles. The fourth-order valence-corrected chi connectivity index (χ4v) is 4.62. The summed E-state index contributed by atoms with van der Waals surface area (Å²) in [5.41, 5.74) is 7.31. The van der Waals surface area contributed by atoms with Gasteiger partial charge >= 0.3 is 13.5 Å². The van der Waals surface area contributed by atoms with Crippen LogP contribution >= 0.6 is 7.52 Å². The summed E-state index contributed by atoms with van der Waals surface area (Å²) in [6.07, 6.45) is 1.80. The quantitative estimate of drug-likeness (QED) is 0.163. The number of nitrogen functional groups attached to an aromatic ring is 1. The topological polar surface area (TPSA) is 153 Å². The maximum absolute atomic E-state index is 13.5. The number of fused-ring (bicyclic) bond motifs is 1. The third-order valence-electron chi connectivity index (χ3n) is 4.82. The summed E-state index contributed by atoms with van der Waals surface area (Å²) in [4.78, 5) is 22.4. The van der Waals surface area contributed by atoms with Crippen LogP contribution in [0, 0.1) is 0 Å². The fraction of sp³-hybridized carbons (Fsp3) is 0.700. The standard InChI is InChI=1S/C20H36N7O5P/c1-7-16(8-2)25-32-33(29,26-15(6)20(28)31-13(3)4)12-30-14(5)9-27-11-24-17-18(21)22-10-23-19(17)27/h10,13-15,24H,7-9,11-12H2,1-6H3,(H,26,29)(H2,21,22,23)/t14-,15+,33?/m1/s1. The van der Waals surface area contributed by atoms with Gasteiger partial charge in [0.15, 0.2) is 11.6 Å². The van der Waals surface area contributed by atoms with Gasteiger partial charge < -0.3 is 30.0 Å². The van der Waals surface area contributed by atoms with E-state index in [0.29, 0.717) is 43.4 Å². The molecular formula is C20H36N7O5P. The normalized spacial score (nSPS) is 16.4. The van der Waals surface area contributed by atoms with E-state index in [1.165, 1.54) is 6.33 Å². The lowest BCUT2D eigenvalue weighted by Crippen LogP contribution is -2.37. The van der Waals surface area contributed by atoms with Crippen LogP contribution in [0.5, 0.6) is 0 Å². The van der Waals surface area contributed by atoms with Gasteiger partial charge in [-0.3, -0.25) is 9.36 Å². The third kappa shape index (κ3) is 7.83. The molecule has 2 heterocycles. The number of rotatable bonds is 13. The molecule has 33 heavy (non-hydrogen) atoms. The zero-order chi connectivity index (χ0) is 24.6. The number of oxime groups is 1.